The summed E-state index contributed by atoms with van der Waals surface area (Å²) in [6, 6.07) is 8.24. The third-order valence-corrected chi connectivity index (χ3v) is 3.01. The average Bonchev–Trinajstić information content (AvgIpc) is 2.85. The van der Waals surface area contributed by atoms with E-state index in [0.29, 0.717) is 6.42 Å². The van der Waals surface area contributed by atoms with Crippen molar-refractivity contribution < 1.29 is 19.4 Å². The van der Waals surface area contributed by atoms with Gasteiger partial charge in [-0.3, -0.25) is 4.99 Å². The number of carbonyl (C=O) groups is 1. The minimum absolute atomic E-state index is 0.119. The van der Waals surface area contributed by atoms with Crippen molar-refractivity contribution in [3.63, 3.8) is 0 Å². The van der Waals surface area contributed by atoms with Gasteiger partial charge in [0.2, 0.25) is 5.89 Å². The van der Waals surface area contributed by atoms with Gasteiger partial charge in [0, 0.05) is 5.56 Å². The number of aliphatic carboxylic acids is 1. The number of benzene rings is 1. The van der Waals surface area contributed by atoms with Crippen LogP contribution in [0, 0.1) is 5.92 Å². The lowest BCUT2D eigenvalue weighted by Gasteiger charge is -2.09. The number of carboxylic acids is 1. The molecule has 0 saturated carbocycles. The predicted molar refractivity (Wildman–Crippen MR) is 82.1 cm³/mol. The predicted octanol–water partition coefficient (Wildman–Crippen LogP) is 2.97. The minimum Gasteiger partial charge on any atom is -0.480 e. The highest BCUT2D eigenvalue weighted by Crippen LogP contribution is 2.25. The van der Waals surface area contributed by atoms with E-state index in [0.717, 1.165) is 5.56 Å². The number of nitrogens with zero attached hydrogens (tertiary/aromatic N) is 2. The summed E-state index contributed by atoms with van der Waals surface area (Å²) in [5, 5.41) is 18.9. The lowest BCUT2D eigenvalue weighted by molar-refractivity contribution is -0.138. The van der Waals surface area contributed by atoms with E-state index in [-0.39, 0.29) is 23.4 Å². The Labute approximate surface area is 128 Å². The maximum absolute atomic E-state index is 11.1. The molecule has 0 aliphatic heterocycles. The van der Waals surface area contributed by atoms with Gasteiger partial charge in [-0.1, -0.05) is 32.0 Å². The zero-order valence-electron chi connectivity index (χ0n) is 12.4. The molecular weight excluding hydrogens is 284 g/mol. The molecule has 22 heavy (non-hydrogen) atoms. The number of aromatic nitrogens is 1. The summed E-state index contributed by atoms with van der Waals surface area (Å²) in [7, 11) is 0. The maximum atomic E-state index is 11.1. The fourth-order valence-electron chi connectivity index (χ4n) is 1.94. The highest BCUT2D eigenvalue weighted by Gasteiger charge is 2.18. The van der Waals surface area contributed by atoms with Gasteiger partial charge in [0.25, 0.3) is 0 Å². The molecule has 2 N–H and O–H groups in total. The van der Waals surface area contributed by atoms with Crippen molar-refractivity contribution in [3.8, 4) is 17.4 Å². The van der Waals surface area contributed by atoms with Gasteiger partial charge in [-0.15, -0.1) is 0 Å². The molecule has 0 saturated heterocycles. The number of oxazole rings is 1. The van der Waals surface area contributed by atoms with Crippen molar-refractivity contribution in [1.82, 2.24) is 4.98 Å². The molecule has 0 radical (unpaired) electrons. The summed E-state index contributed by atoms with van der Waals surface area (Å²) >= 11 is 0. The van der Waals surface area contributed by atoms with Crippen LogP contribution in [0.4, 0.5) is 0 Å². The molecule has 0 fully saturated rings. The highest BCUT2D eigenvalue weighted by molar-refractivity contribution is 5.84. The Hall–Kier alpha value is -2.63. The first-order valence-electron chi connectivity index (χ1n) is 6.98. The van der Waals surface area contributed by atoms with Gasteiger partial charge in [-0.25, -0.2) is 9.78 Å². The third kappa shape index (κ3) is 3.94. The van der Waals surface area contributed by atoms with Crippen LogP contribution in [-0.4, -0.2) is 33.4 Å². The molecule has 0 aliphatic rings. The van der Waals surface area contributed by atoms with Gasteiger partial charge in [-0.2, -0.15) is 0 Å². The molecule has 116 valence electrons. The zero-order valence-corrected chi connectivity index (χ0v) is 12.4. The quantitative estimate of drug-likeness (QED) is 0.800. The second kappa shape index (κ2) is 6.89. The van der Waals surface area contributed by atoms with E-state index < -0.39 is 12.0 Å². The van der Waals surface area contributed by atoms with E-state index in [1.54, 1.807) is 12.1 Å². The van der Waals surface area contributed by atoms with E-state index in [9.17, 15) is 9.90 Å². The Morgan fingerprint density at radius 3 is 2.64 bits per heavy atom. The fourth-order valence-corrected chi connectivity index (χ4v) is 1.94. The standard InChI is InChI=1S/C16H18N2O4/c1-10(2)8-12(15(19)20)17-9-13-16(21)22-14(18-13)11-6-4-3-5-7-11/h3-7,9-10,12,21H,8H2,1-2H3,(H,19,20)/t12-/m0/s1. The SMILES string of the molecule is CC(C)C[C@H](N=Cc1nc(-c2ccccc2)oc1O)C(=O)O. The molecule has 0 spiro atoms. The van der Waals surface area contributed by atoms with Crippen LogP contribution in [0.2, 0.25) is 0 Å². The van der Waals surface area contributed by atoms with Crippen LogP contribution >= 0.6 is 0 Å². The molecule has 6 nitrogen and oxygen atoms in total. The van der Waals surface area contributed by atoms with Gasteiger partial charge >= 0.3 is 11.9 Å². The number of aromatic hydroxyl groups is 1. The molecule has 1 atom stereocenters. The number of aliphatic imine (C=N–C) groups is 1. The van der Waals surface area contributed by atoms with E-state index >= 15 is 0 Å². The summed E-state index contributed by atoms with van der Waals surface area (Å²) in [5.41, 5.74) is 0.836. The maximum Gasteiger partial charge on any atom is 0.328 e. The first-order chi connectivity index (χ1) is 10.5. The van der Waals surface area contributed by atoms with E-state index in [1.807, 2.05) is 32.0 Å². The van der Waals surface area contributed by atoms with Crippen LogP contribution in [0.25, 0.3) is 11.5 Å². The molecule has 2 aromatic rings. The van der Waals surface area contributed by atoms with Crippen molar-refractivity contribution in [2.75, 3.05) is 0 Å². The summed E-state index contributed by atoms with van der Waals surface area (Å²) < 4.78 is 5.18. The summed E-state index contributed by atoms with van der Waals surface area (Å²) in [4.78, 5) is 19.3. The van der Waals surface area contributed by atoms with Crippen LogP contribution in [0.15, 0.2) is 39.7 Å². The van der Waals surface area contributed by atoms with Crippen molar-refractivity contribution in [2.24, 2.45) is 10.9 Å². The van der Waals surface area contributed by atoms with Crippen molar-refractivity contribution in [1.29, 1.82) is 0 Å². The average molecular weight is 302 g/mol. The molecule has 0 amide bonds. The van der Waals surface area contributed by atoms with Crippen LogP contribution in [-0.2, 0) is 4.79 Å². The normalized spacial score (nSPS) is 12.9. The molecule has 0 aliphatic carbocycles. The molecule has 6 heteroatoms. The largest absolute Gasteiger partial charge is 0.480 e. The lowest BCUT2D eigenvalue weighted by atomic mass is 10.0. The molecule has 2 rings (SSSR count). The van der Waals surface area contributed by atoms with Crippen LogP contribution in [0.1, 0.15) is 26.0 Å². The number of hydrogen-bond donors (Lipinski definition) is 2. The number of carboxylic acid groups (broad SMARTS) is 1. The topological polar surface area (TPSA) is 95.9 Å². The van der Waals surface area contributed by atoms with Gasteiger partial charge in [-0.05, 0) is 24.5 Å². The van der Waals surface area contributed by atoms with Crippen molar-refractivity contribution >= 4 is 12.2 Å². The second-order valence-electron chi connectivity index (χ2n) is 5.34. The summed E-state index contributed by atoms with van der Waals surface area (Å²) in [6.45, 7) is 3.85. The molecular formula is C16H18N2O4. The molecule has 0 unspecified atom stereocenters. The Balaban J connectivity index is 2.21. The first kappa shape index (κ1) is 15.8. The Morgan fingerprint density at radius 1 is 1.36 bits per heavy atom. The number of hydrogen-bond acceptors (Lipinski definition) is 5. The summed E-state index contributed by atoms with van der Waals surface area (Å²) in [6.07, 6.45) is 1.66. The molecule has 1 aromatic carbocycles. The van der Waals surface area contributed by atoms with Gasteiger partial charge in [0.1, 0.15) is 6.04 Å². The van der Waals surface area contributed by atoms with Gasteiger partial charge in [0.05, 0.1) is 6.21 Å². The Kier molecular flexibility index (Phi) is 4.93. The number of rotatable bonds is 6. The lowest BCUT2D eigenvalue weighted by Crippen LogP contribution is -2.20. The first-order valence-corrected chi connectivity index (χ1v) is 6.98. The molecule has 0 bridgehead atoms. The minimum atomic E-state index is -1.00. The monoisotopic (exact) mass is 302 g/mol. The fraction of sp³-hybridized carbons (Fsp3) is 0.312. The van der Waals surface area contributed by atoms with E-state index in [1.165, 1.54) is 6.21 Å². The Bertz CT molecular complexity index is 662. The smallest absolute Gasteiger partial charge is 0.328 e. The van der Waals surface area contributed by atoms with Crippen LogP contribution < -0.4 is 0 Å². The van der Waals surface area contributed by atoms with Gasteiger partial charge in [0.15, 0.2) is 5.69 Å². The van der Waals surface area contributed by atoms with Crippen molar-refractivity contribution in [3.05, 3.63) is 36.0 Å². The van der Waals surface area contributed by atoms with Gasteiger partial charge < -0.3 is 14.6 Å². The van der Waals surface area contributed by atoms with Crippen molar-refractivity contribution in [2.45, 2.75) is 26.3 Å². The molecule has 1 aromatic heterocycles. The van der Waals surface area contributed by atoms with E-state index in [4.69, 9.17) is 9.52 Å². The second-order valence-corrected chi connectivity index (χ2v) is 5.34. The molecule has 1 heterocycles. The van der Waals surface area contributed by atoms with Crippen LogP contribution in [0.3, 0.4) is 0 Å². The Morgan fingerprint density at radius 2 is 2.05 bits per heavy atom. The van der Waals surface area contributed by atoms with Crippen LogP contribution in [0.5, 0.6) is 5.95 Å². The zero-order chi connectivity index (χ0) is 16.1. The van der Waals surface area contributed by atoms with E-state index in [2.05, 4.69) is 9.98 Å². The summed E-state index contributed by atoms with van der Waals surface area (Å²) in [5.74, 6) is -0.924. The highest BCUT2D eigenvalue weighted by atomic mass is 16.5. The third-order valence-electron chi connectivity index (χ3n) is 3.01.